The SMILES string of the molecule is C=N[C@@H](N)Cc1ncc(P(=O)(O)O)o1. The molecule has 78 valence electrons. The van der Waals surface area contributed by atoms with Crippen molar-refractivity contribution in [3.05, 3.63) is 12.1 Å². The van der Waals surface area contributed by atoms with E-state index in [1.807, 2.05) is 0 Å². The lowest BCUT2D eigenvalue weighted by Gasteiger charge is -2.00. The third kappa shape index (κ3) is 2.74. The largest absolute Gasteiger partial charge is 0.433 e. The molecule has 0 aromatic carbocycles. The monoisotopic (exact) mass is 219 g/mol. The second-order valence-electron chi connectivity index (χ2n) is 2.59. The molecule has 4 N–H and O–H groups in total. The third-order valence-electron chi connectivity index (χ3n) is 1.45. The predicted octanol–water partition coefficient (Wildman–Crippen LogP) is -0.995. The lowest BCUT2D eigenvalue weighted by molar-refractivity contribution is 0.372. The topological polar surface area (TPSA) is 122 Å². The highest BCUT2D eigenvalue weighted by Gasteiger charge is 2.23. The van der Waals surface area contributed by atoms with Crippen LogP contribution in [0.1, 0.15) is 5.89 Å². The minimum atomic E-state index is -4.37. The van der Waals surface area contributed by atoms with Crippen LogP contribution in [0.2, 0.25) is 0 Å². The van der Waals surface area contributed by atoms with E-state index in [0.717, 1.165) is 6.20 Å². The van der Waals surface area contributed by atoms with E-state index in [-0.39, 0.29) is 12.3 Å². The van der Waals surface area contributed by atoms with E-state index in [1.165, 1.54) is 0 Å². The number of hydrogen-bond donors (Lipinski definition) is 3. The first kappa shape index (κ1) is 11.1. The summed E-state index contributed by atoms with van der Waals surface area (Å²) in [6, 6.07) is 0. The van der Waals surface area contributed by atoms with E-state index in [1.54, 1.807) is 0 Å². The highest BCUT2D eigenvalue weighted by atomic mass is 31.2. The maximum atomic E-state index is 10.7. The first-order chi connectivity index (χ1) is 6.43. The average Bonchev–Trinajstić information content (AvgIpc) is 2.51. The highest BCUT2D eigenvalue weighted by molar-refractivity contribution is 7.59. The zero-order valence-corrected chi connectivity index (χ0v) is 8.09. The average molecular weight is 219 g/mol. The highest BCUT2D eigenvalue weighted by Crippen LogP contribution is 2.33. The minimum Gasteiger partial charge on any atom is -0.433 e. The number of hydrogen-bond acceptors (Lipinski definition) is 5. The summed E-state index contributed by atoms with van der Waals surface area (Å²) in [6.45, 7) is 3.21. The smallest absolute Gasteiger partial charge is 0.392 e. The molecule has 0 bridgehead atoms. The normalized spacial score (nSPS) is 13.9. The summed E-state index contributed by atoms with van der Waals surface area (Å²) < 4.78 is 15.5. The molecule has 0 saturated heterocycles. The van der Waals surface area contributed by atoms with Crippen molar-refractivity contribution >= 4 is 19.8 Å². The molecule has 0 aliphatic rings. The fourth-order valence-corrected chi connectivity index (χ4v) is 1.21. The van der Waals surface area contributed by atoms with Gasteiger partial charge in [0.15, 0.2) is 5.89 Å². The number of rotatable bonds is 4. The zero-order valence-electron chi connectivity index (χ0n) is 7.20. The summed E-state index contributed by atoms with van der Waals surface area (Å²) in [4.78, 5) is 24.5. The molecule has 14 heavy (non-hydrogen) atoms. The molecule has 0 saturated carbocycles. The third-order valence-corrected chi connectivity index (χ3v) is 2.23. The molecule has 0 aliphatic carbocycles. The van der Waals surface area contributed by atoms with Gasteiger partial charge in [-0.1, -0.05) is 0 Å². The molecular formula is C6H10N3O4P. The lowest BCUT2D eigenvalue weighted by atomic mass is 10.3. The molecule has 1 aromatic heterocycles. The van der Waals surface area contributed by atoms with Crippen LogP contribution in [0.3, 0.4) is 0 Å². The van der Waals surface area contributed by atoms with Crippen LogP contribution in [0.25, 0.3) is 0 Å². The fraction of sp³-hybridized carbons (Fsp3) is 0.333. The Morgan fingerprint density at radius 1 is 1.79 bits per heavy atom. The van der Waals surface area contributed by atoms with Crippen LogP contribution < -0.4 is 11.2 Å². The van der Waals surface area contributed by atoms with E-state index in [0.29, 0.717) is 0 Å². The quantitative estimate of drug-likeness (QED) is 0.441. The van der Waals surface area contributed by atoms with E-state index >= 15 is 0 Å². The van der Waals surface area contributed by atoms with Crippen molar-refractivity contribution in [2.75, 3.05) is 0 Å². The van der Waals surface area contributed by atoms with Crippen LogP contribution >= 0.6 is 7.60 Å². The number of oxazole rings is 1. The summed E-state index contributed by atoms with van der Waals surface area (Å²) >= 11 is 0. The Morgan fingerprint density at radius 3 is 2.86 bits per heavy atom. The minimum absolute atomic E-state index is 0.128. The van der Waals surface area contributed by atoms with Gasteiger partial charge in [0.25, 0.3) is 0 Å². The molecule has 0 aliphatic heterocycles. The van der Waals surface area contributed by atoms with Crippen molar-refractivity contribution in [2.24, 2.45) is 10.7 Å². The van der Waals surface area contributed by atoms with Gasteiger partial charge in [-0.05, 0) is 6.72 Å². The summed E-state index contributed by atoms with van der Waals surface area (Å²) in [5.41, 5.74) is 4.93. The van der Waals surface area contributed by atoms with Crippen LogP contribution in [0.4, 0.5) is 0 Å². The van der Waals surface area contributed by atoms with Crippen molar-refractivity contribution in [1.29, 1.82) is 0 Å². The van der Waals surface area contributed by atoms with Gasteiger partial charge >= 0.3 is 7.60 Å². The standard InChI is InChI=1S/C6H10N3O4P/c1-8-4(7)2-5-9-3-6(13-5)14(10,11)12/h3-4H,1-2,7H2,(H2,10,11,12)/t4-/m1/s1. The Labute approximate surface area is 79.8 Å². The zero-order chi connectivity index (χ0) is 10.8. The van der Waals surface area contributed by atoms with Crippen LogP contribution in [-0.4, -0.2) is 27.7 Å². The molecule has 0 fully saturated rings. The molecule has 1 rings (SSSR count). The second-order valence-corrected chi connectivity index (χ2v) is 4.12. The Kier molecular flexibility index (Phi) is 3.17. The summed E-state index contributed by atoms with van der Waals surface area (Å²) in [6.07, 6.45) is 0.549. The maximum Gasteiger partial charge on any atom is 0.392 e. The molecule has 7 nitrogen and oxygen atoms in total. The molecule has 0 unspecified atom stereocenters. The number of aliphatic imine (C=N–C) groups is 1. The van der Waals surface area contributed by atoms with Gasteiger partial charge in [-0.25, -0.2) is 4.98 Å². The van der Waals surface area contributed by atoms with E-state index in [9.17, 15) is 4.57 Å². The number of aromatic nitrogens is 1. The Balaban J connectivity index is 2.79. The summed E-state index contributed by atoms with van der Waals surface area (Å²) in [5.74, 6) is 0.128. The van der Waals surface area contributed by atoms with Crippen LogP contribution in [0.5, 0.6) is 0 Å². The van der Waals surface area contributed by atoms with Gasteiger partial charge in [0.2, 0.25) is 5.50 Å². The number of nitrogens with zero attached hydrogens (tertiary/aromatic N) is 2. The van der Waals surface area contributed by atoms with Crippen LogP contribution in [0.15, 0.2) is 15.6 Å². The van der Waals surface area contributed by atoms with Crippen molar-refractivity contribution in [2.45, 2.75) is 12.6 Å². The Bertz CT molecular complexity index is 371. The Morgan fingerprint density at radius 2 is 2.43 bits per heavy atom. The van der Waals surface area contributed by atoms with Crippen LogP contribution in [0, 0.1) is 0 Å². The van der Waals surface area contributed by atoms with E-state index < -0.39 is 19.3 Å². The van der Waals surface area contributed by atoms with E-state index in [4.69, 9.17) is 19.9 Å². The van der Waals surface area contributed by atoms with Gasteiger partial charge in [-0.15, -0.1) is 0 Å². The number of nitrogens with two attached hydrogens (primary N) is 1. The summed E-state index contributed by atoms with van der Waals surface area (Å²) in [5, 5.41) is 0. The second kappa shape index (κ2) is 4.02. The molecule has 1 atom stereocenters. The van der Waals surface area contributed by atoms with Crippen molar-refractivity contribution in [1.82, 2.24) is 4.98 Å². The molecule has 1 heterocycles. The summed E-state index contributed by atoms with van der Waals surface area (Å²) in [7, 11) is -4.37. The molecule has 0 radical (unpaired) electrons. The maximum absolute atomic E-state index is 10.7. The first-order valence-electron chi connectivity index (χ1n) is 3.65. The van der Waals surface area contributed by atoms with Gasteiger partial charge in [-0.2, -0.15) is 0 Å². The molecule has 8 heteroatoms. The first-order valence-corrected chi connectivity index (χ1v) is 5.27. The van der Waals surface area contributed by atoms with Gasteiger partial charge < -0.3 is 19.9 Å². The van der Waals surface area contributed by atoms with Gasteiger partial charge in [0.1, 0.15) is 6.17 Å². The van der Waals surface area contributed by atoms with Crippen molar-refractivity contribution in [3.63, 3.8) is 0 Å². The van der Waals surface area contributed by atoms with Crippen molar-refractivity contribution in [3.8, 4) is 0 Å². The predicted molar refractivity (Wildman–Crippen MR) is 49.4 cm³/mol. The molecule has 0 spiro atoms. The van der Waals surface area contributed by atoms with Crippen LogP contribution in [-0.2, 0) is 11.0 Å². The fourth-order valence-electron chi connectivity index (χ4n) is 0.773. The van der Waals surface area contributed by atoms with Gasteiger partial charge in [0.05, 0.1) is 12.6 Å². The molecule has 1 aromatic rings. The molecular weight excluding hydrogens is 209 g/mol. The molecule has 0 amide bonds. The van der Waals surface area contributed by atoms with Gasteiger partial charge in [-0.3, -0.25) is 9.56 Å². The van der Waals surface area contributed by atoms with E-state index in [2.05, 4.69) is 16.7 Å². The van der Waals surface area contributed by atoms with Gasteiger partial charge in [0, 0.05) is 0 Å². The lowest BCUT2D eigenvalue weighted by Crippen LogP contribution is -2.19. The van der Waals surface area contributed by atoms with Crippen molar-refractivity contribution < 1.29 is 18.8 Å². The Hall–Kier alpha value is -1.01.